The number of carboxylic acids is 2. The van der Waals surface area contributed by atoms with Gasteiger partial charge in [-0.25, -0.2) is 22.8 Å². The summed E-state index contributed by atoms with van der Waals surface area (Å²) in [5.74, 6) is -13.4. The second-order valence-electron chi connectivity index (χ2n) is 25.5. The van der Waals surface area contributed by atoms with E-state index in [2.05, 4.69) is 4.74 Å². The number of hydrogen-bond acceptors (Lipinski definition) is 27. The smallest absolute Gasteiger partial charge is 0.342 e. The molecule has 6 rings (SSSR count). The number of nitro benzene ring substituents is 4. The third-order valence-electron chi connectivity index (χ3n) is 13.8. The van der Waals surface area contributed by atoms with Gasteiger partial charge in [0.1, 0.15) is 57.3 Å². The van der Waals surface area contributed by atoms with E-state index in [0.717, 1.165) is 35.9 Å². The maximum atomic E-state index is 12.8. The van der Waals surface area contributed by atoms with Gasteiger partial charge in [0.05, 0.1) is 70.1 Å². The third kappa shape index (κ3) is 34.4. The quantitative estimate of drug-likeness (QED) is 0.00783. The molecule has 6 aromatic carbocycles. The Labute approximate surface area is 649 Å². The number of halogens is 3. The Morgan fingerprint density at radius 1 is 0.404 bits per heavy atom. The highest BCUT2D eigenvalue weighted by Crippen LogP contribution is 2.32. The van der Waals surface area contributed by atoms with Gasteiger partial charge in [0, 0.05) is 27.9 Å². The van der Waals surface area contributed by atoms with Crippen molar-refractivity contribution in [2.45, 2.75) is 147 Å². The van der Waals surface area contributed by atoms with Crippen molar-refractivity contribution in [3.63, 3.8) is 0 Å². The summed E-state index contributed by atoms with van der Waals surface area (Å²) in [7, 11) is 0. The zero-order valence-corrected chi connectivity index (χ0v) is 64.9. The van der Waals surface area contributed by atoms with Crippen LogP contribution in [0.3, 0.4) is 0 Å². The fraction of sp³-hybridized carbons (Fsp3) is 0.351. The number of hydrogen-bond donors (Lipinski definition) is 7. The molecule has 37 nitrogen and oxygen atoms in total. The van der Waals surface area contributed by atoms with E-state index >= 15 is 0 Å². The minimum atomic E-state index is -1.51. The van der Waals surface area contributed by atoms with Crippen LogP contribution < -0.4 is 28.7 Å². The first kappa shape index (κ1) is 100. The largest absolute Gasteiger partial charge is 0.478 e. The number of aromatic carboxylic acids is 2. The van der Waals surface area contributed by atoms with E-state index in [1.165, 1.54) is 64.1 Å². The summed E-state index contributed by atoms with van der Waals surface area (Å²) in [4.78, 5) is 175. The van der Waals surface area contributed by atoms with Crippen LogP contribution in [0.15, 0.2) is 78.9 Å². The number of rotatable bonds is 23. The van der Waals surface area contributed by atoms with Gasteiger partial charge in [0.15, 0.2) is 5.92 Å². The van der Waals surface area contributed by atoms with Gasteiger partial charge in [-0.3, -0.25) is 88.4 Å². The number of amides is 4. The van der Waals surface area contributed by atoms with Crippen molar-refractivity contribution in [2.24, 2.45) is 22.9 Å². The monoisotopic (exact) mass is 1610 g/mol. The molecule has 0 aliphatic rings. The Bertz CT molecular complexity index is 4550. The summed E-state index contributed by atoms with van der Waals surface area (Å²) >= 11 is 0. The molecular formula is C74H88F3N9O28. The summed E-state index contributed by atoms with van der Waals surface area (Å²) in [6.45, 7) is 26.6. The number of ether oxygens (including phenoxy) is 6. The highest BCUT2D eigenvalue weighted by molar-refractivity contribution is 6.04. The first-order chi connectivity index (χ1) is 52.5. The fourth-order valence-corrected chi connectivity index (χ4v) is 9.56. The van der Waals surface area contributed by atoms with Gasteiger partial charge in [-0.1, -0.05) is 6.07 Å². The molecule has 0 radical (unpaired) electrons. The van der Waals surface area contributed by atoms with Crippen LogP contribution in [0.25, 0.3) is 0 Å². The molecule has 0 aliphatic heterocycles. The number of carboxylic acid groups (broad SMARTS) is 2. The Morgan fingerprint density at radius 2 is 0.746 bits per heavy atom. The highest BCUT2D eigenvalue weighted by Gasteiger charge is 2.37. The summed E-state index contributed by atoms with van der Waals surface area (Å²) in [6.07, 6.45) is -0.271. The number of nitrogens with zero attached hydrogens (tertiary/aromatic N) is 4. The van der Waals surface area contributed by atoms with Crippen molar-refractivity contribution in [3.8, 4) is 0 Å². The second kappa shape index (κ2) is 46.0. The Kier molecular flexibility index (Phi) is 40.4. The van der Waals surface area contributed by atoms with E-state index in [9.17, 15) is 111 Å². The number of nitro groups is 4. The van der Waals surface area contributed by atoms with Crippen LogP contribution in [-0.2, 0) is 70.0 Å². The van der Waals surface area contributed by atoms with Gasteiger partial charge in [-0.15, -0.1) is 0 Å². The number of primary amides is 4. The van der Waals surface area contributed by atoms with E-state index in [1.807, 2.05) is 0 Å². The minimum absolute atomic E-state index is 0.00704. The predicted molar refractivity (Wildman–Crippen MR) is 399 cm³/mol. The third-order valence-corrected chi connectivity index (χ3v) is 13.8. The summed E-state index contributed by atoms with van der Waals surface area (Å²) in [6, 6.07) is 15.3. The van der Waals surface area contributed by atoms with Crippen LogP contribution in [0.2, 0.25) is 0 Å². The maximum absolute atomic E-state index is 12.8. The molecule has 0 bridgehead atoms. The number of nitrogens with two attached hydrogens (primary N) is 5. The molecule has 0 saturated heterocycles. The summed E-state index contributed by atoms with van der Waals surface area (Å²) in [5, 5.41) is 60.2. The molecule has 0 saturated carbocycles. The van der Waals surface area contributed by atoms with Gasteiger partial charge in [0.2, 0.25) is 0 Å². The predicted octanol–water partition coefficient (Wildman–Crippen LogP) is 9.88. The minimum Gasteiger partial charge on any atom is -0.478 e. The molecule has 0 aliphatic carbocycles. The molecule has 0 aromatic heterocycles. The fourth-order valence-electron chi connectivity index (χ4n) is 9.56. The van der Waals surface area contributed by atoms with Crippen molar-refractivity contribution in [2.75, 3.05) is 32.2 Å². The van der Waals surface area contributed by atoms with E-state index < -0.39 is 153 Å². The molecule has 4 amide bonds. The molecule has 0 fully saturated rings. The van der Waals surface area contributed by atoms with Crippen LogP contribution in [0.5, 0.6) is 0 Å². The number of carbonyl (C=O) groups excluding carboxylic acids is 10. The van der Waals surface area contributed by atoms with Gasteiger partial charge in [-0.05, 0) is 211 Å². The number of aryl methyl sites for hydroxylation is 6. The van der Waals surface area contributed by atoms with E-state index in [-0.39, 0.29) is 95.2 Å². The number of anilines is 1. The Hall–Kier alpha value is -13.9. The van der Waals surface area contributed by atoms with Crippen LogP contribution in [-0.4, -0.2) is 139 Å². The lowest BCUT2D eigenvalue weighted by molar-refractivity contribution is -0.385. The van der Waals surface area contributed by atoms with Crippen LogP contribution in [0.1, 0.15) is 194 Å². The molecule has 618 valence electrons. The normalized spacial score (nSPS) is 10.5. The van der Waals surface area contributed by atoms with Crippen molar-refractivity contribution >= 4 is 99.8 Å². The van der Waals surface area contributed by atoms with Crippen LogP contribution in [0, 0.1) is 99.5 Å². The average Bonchev–Trinajstić information content (AvgIpc) is 0.794. The SMILES string of the molecule is CCOC(=O)C(C(=O)OC(C)(C)C)c1cc(C)c([N+](=O)[O-])c(C(N)=O)c1.CCOC(=O)CC(=O)OC(C)(C)C.CCOC(=O)Cc1cc(C)c(N)c(C(N)=O)c1.CCOC(=O)Cc1cc(C)c([N+](=O)[O-])c(C(N)=O)c1.Cc1cc(F)cc(C(=O)O)c1.Cc1cc(F)cc(C(=O)O)c1[N+](=O)[O-].Cc1cc(F)cc(C(N)=O)c1[N+](=O)[O-]. The van der Waals surface area contributed by atoms with Gasteiger partial charge >= 0.3 is 47.8 Å². The van der Waals surface area contributed by atoms with Crippen LogP contribution in [0.4, 0.5) is 41.6 Å². The highest BCUT2D eigenvalue weighted by atomic mass is 19.1. The van der Waals surface area contributed by atoms with E-state index in [4.69, 9.17) is 62.6 Å². The van der Waals surface area contributed by atoms with E-state index in [1.54, 1.807) is 89.2 Å². The lowest BCUT2D eigenvalue weighted by Crippen LogP contribution is -2.32. The first-order valence-corrected chi connectivity index (χ1v) is 33.4. The second-order valence-corrected chi connectivity index (χ2v) is 25.5. The molecular weight excluding hydrogens is 1520 g/mol. The zero-order chi connectivity index (χ0) is 88.5. The standard InChI is InChI=1S/C17H22N2O7.C12H14N2O5.C12H16N2O3.C9H16O4.C8H7FN2O3.C8H6FNO4.C8H7FO2/c1-6-25-15(21)12(16(22)26-17(3,4)5)10-7-9(2)13(19(23)24)11(8-10)14(18)20;1-3-19-10(15)6-8-4-7(2)11(14(17)18)9(5-8)12(13)16;1-3-17-10(15)6-8-4-7(2)11(13)9(5-8)12(14)16;1-5-12-7(10)6-8(11)13-9(2,3)4;1-4-2-5(9)3-6(8(10)12)7(4)11(13)14;1-4-2-5(9)3-6(8(11)12)7(4)10(13)14;1-5-2-6(8(10)11)4-7(9)3-5/h7-8,12H,6H2,1-5H3,(H2,18,20);4-5H,3,6H2,1-2H3,(H2,13,16);4-5H,3,6,13H2,1-2H3,(H2,14,16);5-6H2,1-4H3;2-3H,1H3,(H2,10,12);2-3H,1H3,(H,11,12);2-4H,1H3,(H,10,11). The molecule has 114 heavy (non-hydrogen) atoms. The molecule has 0 spiro atoms. The maximum Gasteiger partial charge on any atom is 0.342 e. The van der Waals surface area contributed by atoms with Gasteiger partial charge < -0.3 is 67.3 Å². The lowest BCUT2D eigenvalue weighted by Gasteiger charge is -2.23. The van der Waals surface area contributed by atoms with E-state index in [0.29, 0.717) is 35.1 Å². The van der Waals surface area contributed by atoms with Gasteiger partial charge in [-0.2, -0.15) is 0 Å². The number of carbonyl (C=O) groups is 12. The summed E-state index contributed by atoms with van der Waals surface area (Å²) < 4.78 is 67.4. The Morgan fingerprint density at radius 3 is 1.11 bits per heavy atom. The number of benzene rings is 6. The average molecular weight is 1610 g/mol. The molecule has 1 atom stereocenters. The zero-order valence-electron chi connectivity index (χ0n) is 64.9. The molecule has 0 heterocycles. The lowest BCUT2D eigenvalue weighted by atomic mass is 9.93. The molecule has 12 N–H and O–H groups in total. The first-order valence-electron chi connectivity index (χ1n) is 33.4. The summed E-state index contributed by atoms with van der Waals surface area (Å²) in [5.41, 5.74) is 24.8. The van der Waals surface area contributed by atoms with Crippen molar-refractivity contribution in [3.05, 3.63) is 220 Å². The van der Waals surface area contributed by atoms with Crippen molar-refractivity contribution in [1.29, 1.82) is 0 Å². The van der Waals surface area contributed by atoms with Gasteiger partial charge in [0.25, 0.3) is 46.4 Å². The van der Waals surface area contributed by atoms with Crippen molar-refractivity contribution in [1.82, 2.24) is 0 Å². The van der Waals surface area contributed by atoms with Crippen LogP contribution >= 0.6 is 0 Å². The van der Waals surface area contributed by atoms with Crippen molar-refractivity contribution < 1.29 is 129 Å². The number of nitrogen functional groups attached to an aromatic ring is 1. The Balaban J connectivity index is 0.00000133. The topological polar surface area (TPSA) is 603 Å². The molecule has 1 unspecified atom stereocenters. The molecule has 6 aromatic rings. The molecule has 40 heteroatoms. The number of esters is 6.